The van der Waals surface area contributed by atoms with Crippen LogP contribution in [0.1, 0.15) is 32.3 Å². The second kappa shape index (κ2) is 6.61. The maximum Gasteiger partial charge on any atom is 0.132 e. The van der Waals surface area contributed by atoms with Crippen molar-refractivity contribution in [3.63, 3.8) is 0 Å². The number of methoxy groups -OCH3 is 1. The Morgan fingerprint density at radius 3 is 2.85 bits per heavy atom. The molecule has 0 radical (unpaired) electrons. The molecular formula is C15H21NO4. The zero-order valence-electron chi connectivity index (χ0n) is 12.1. The predicted octanol–water partition coefficient (Wildman–Crippen LogP) is 2.84. The van der Waals surface area contributed by atoms with Crippen molar-refractivity contribution in [3.05, 3.63) is 23.8 Å². The first kappa shape index (κ1) is 14.7. The fourth-order valence-electron chi connectivity index (χ4n) is 2.29. The molecule has 2 atom stereocenters. The lowest BCUT2D eigenvalue weighted by Crippen LogP contribution is -2.18. The van der Waals surface area contributed by atoms with Gasteiger partial charge in [0.25, 0.3) is 0 Å². The van der Waals surface area contributed by atoms with Gasteiger partial charge >= 0.3 is 0 Å². The SMILES string of the molecule is COc1ccc(/C(C)=N/O)c(OCC2CCC(C)O2)c1. The Labute approximate surface area is 119 Å². The number of nitrogens with zero attached hydrogens (tertiary/aromatic N) is 1. The summed E-state index contributed by atoms with van der Waals surface area (Å²) in [6.45, 7) is 4.28. The average molecular weight is 279 g/mol. The average Bonchev–Trinajstić information content (AvgIpc) is 2.89. The minimum absolute atomic E-state index is 0.121. The molecular weight excluding hydrogens is 258 g/mol. The zero-order valence-corrected chi connectivity index (χ0v) is 12.1. The first-order valence-corrected chi connectivity index (χ1v) is 6.79. The molecule has 0 spiro atoms. The number of hydrogen-bond donors (Lipinski definition) is 1. The van der Waals surface area contributed by atoms with E-state index < -0.39 is 0 Å². The lowest BCUT2D eigenvalue weighted by Gasteiger charge is -2.16. The van der Waals surface area contributed by atoms with Crippen molar-refractivity contribution in [2.75, 3.05) is 13.7 Å². The molecule has 1 aliphatic rings. The highest BCUT2D eigenvalue weighted by Gasteiger charge is 2.22. The Balaban J connectivity index is 2.11. The molecule has 1 aliphatic heterocycles. The van der Waals surface area contributed by atoms with Crippen molar-refractivity contribution >= 4 is 5.71 Å². The highest BCUT2D eigenvalue weighted by atomic mass is 16.5. The van der Waals surface area contributed by atoms with Crippen LogP contribution in [0.2, 0.25) is 0 Å². The molecule has 5 nitrogen and oxygen atoms in total. The van der Waals surface area contributed by atoms with Gasteiger partial charge in [-0.25, -0.2) is 0 Å². The molecule has 0 aromatic heterocycles. The third kappa shape index (κ3) is 3.42. The Kier molecular flexibility index (Phi) is 4.84. The van der Waals surface area contributed by atoms with Gasteiger partial charge in [-0.15, -0.1) is 0 Å². The number of ether oxygens (including phenoxy) is 3. The van der Waals surface area contributed by atoms with Gasteiger partial charge in [0.15, 0.2) is 0 Å². The first-order valence-electron chi connectivity index (χ1n) is 6.79. The monoisotopic (exact) mass is 279 g/mol. The molecule has 2 unspecified atom stereocenters. The smallest absolute Gasteiger partial charge is 0.132 e. The molecule has 1 heterocycles. The van der Waals surface area contributed by atoms with Crippen LogP contribution in [0.4, 0.5) is 0 Å². The summed E-state index contributed by atoms with van der Waals surface area (Å²) in [6.07, 6.45) is 2.49. The minimum atomic E-state index is 0.121. The highest BCUT2D eigenvalue weighted by molar-refractivity contribution is 6.00. The number of hydrogen-bond acceptors (Lipinski definition) is 5. The van der Waals surface area contributed by atoms with Crippen molar-refractivity contribution in [1.82, 2.24) is 0 Å². The van der Waals surface area contributed by atoms with Crippen LogP contribution in [0.5, 0.6) is 11.5 Å². The van der Waals surface area contributed by atoms with Crippen molar-refractivity contribution in [3.8, 4) is 11.5 Å². The van der Waals surface area contributed by atoms with Gasteiger partial charge in [0.05, 0.1) is 25.0 Å². The summed E-state index contributed by atoms with van der Waals surface area (Å²) in [7, 11) is 1.60. The summed E-state index contributed by atoms with van der Waals surface area (Å²) in [6, 6.07) is 5.43. The first-order chi connectivity index (χ1) is 9.63. The van der Waals surface area contributed by atoms with Gasteiger partial charge < -0.3 is 19.4 Å². The van der Waals surface area contributed by atoms with E-state index in [1.807, 2.05) is 12.1 Å². The quantitative estimate of drug-likeness (QED) is 0.511. The van der Waals surface area contributed by atoms with E-state index in [2.05, 4.69) is 12.1 Å². The molecule has 0 aliphatic carbocycles. The van der Waals surface area contributed by atoms with Crippen LogP contribution in [0.15, 0.2) is 23.4 Å². The molecule has 0 saturated carbocycles. The third-order valence-electron chi connectivity index (χ3n) is 3.47. The van der Waals surface area contributed by atoms with Crippen molar-refractivity contribution in [2.24, 2.45) is 5.16 Å². The summed E-state index contributed by atoms with van der Waals surface area (Å²) in [5.41, 5.74) is 1.25. The lowest BCUT2D eigenvalue weighted by atomic mass is 10.1. The maximum atomic E-state index is 8.93. The zero-order chi connectivity index (χ0) is 14.5. The molecule has 2 rings (SSSR count). The fraction of sp³-hybridized carbons (Fsp3) is 0.533. The van der Waals surface area contributed by atoms with Gasteiger partial charge in [-0.2, -0.15) is 0 Å². The van der Waals surface area contributed by atoms with Gasteiger partial charge in [-0.05, 0) is 38.8 Å². The molecule has 20 heavy (non-hydrogen) atoms. The molecule has 5 heteroatoms. The van der Waals surface area contributed by atoms with Gasteiger partial charge in [-0.1, -0.05) is 5.16 Å². The third-order valence-corrected chi connectivity index (χ3v) is 3.47. The Bertz CT molecular complexity index is 487. The van der Waals surface area contributed by atoms with Crippen LogP contribution in [0.25, 0.3) is 0 Å². The maximum absolute atomic E-state index is 8.93. The van der Waals surface area contributed by atoms with E-state index in [9.17, 15) is 0 Å². The summed E-state index contributed by atoms with van der Waals surface area (Å²) >= 11 is 0. The van der Waals surface area contributed by atoms with E-state index in [1.54, 1.807) is 20.1 Å². The Morgan fingerprint density at radius 1 is 1.45 bits per heavy atom. The summed E-state index contributed by atoms with van der Waals surface area (Å²) in [5.74, 6) is 1.35. The van der Waals surface area contributed by atoms with Gasteiger partial charge in [-0.3, -0.25) is 0 Å². The molecule has 1 aromatic carbocycles. The molecule has 1 saturated heterocycles. The van der Waals surface area contributed by atoms with Crippen LogP contribution in [0.3, 0.4) is 0 Å². The normalized spacial score (nSPS) is 22.9. The molecule has 0 bridgehead atoms. The second-order valence-corrected chi connectivity index (χ2v) is 5.00. The topological polar surface area (TPSA) is 60.3 Å². The van der Waals surface area contributed by atoms with Crippen LogP contribution < -0.4 is 9.47 Å². The summed E-state index contributed by atoms with van der Waals surface area (Å²) in [5, 5.41) is 12.2. The predicted molar refractivity (Wildman–Crippen MR) is 76.1 cm³/mol. The Hall–Kier alpha value is -1.75. The number of oxime groups is 1. The minimum Gasteiger partial charge on any atom is -0.497 e. The standard InChI is InChI=1S/C15H21NO4/c1-10-4-5-13(20-10)9-19-15-8-12(18-3)6-7-14(15)11(2)16-17/h6-8,10,13,17H,4-5,9H2,1-3H3/b16-11+. The van der Waals surface area contributed by atoms with E-state index in [0.717, 1.165) is 18.4 Å². The Morgan fingerprint density at radius 2 is 2.25 bits per heavy atom. The highest BCUT2D eigenvalue weighted by Crippen LogP contribution is 2.27. The van der Waals surface area contributed by atoms with Crippen LogP contribution in [0, 0.1) is 0 Å². The lowest BCUT2D eigenvalue weighted by molar-refractivity contribution is 0.0264. The van der Waals surface area contributed by atoms with E-state index in [4.69, 9.17) is 19.4 Å². The molecule has 0 amide bonds. The van der Waals surface area contributed by atoms with E-state index in [0.29, 0.717) is 29.9 Å². The largest absolute Gasteiger partial charge is 0.497 e. The van der Waals surface area contributed by atoms with E-state index in [-0.39, 0.29) is 6.10 Å². The molecule has 1 fully saturated rings. The van der Waals surface area contributed by atoms with Crippen LogP contribution in [-0.4, -0.2) is 36.8 Å². The van der Waals surface area contributed by atoms with Crippen molar-refractivity contribution in [1.29, 1.82) is 0 Å². The summed E-state index contributed by atoms with van der Waals surface area (Å²) < 4.78 is 16.8. The van der Waals surface area contributed by atoms with Gasteiger partial charge in [0, 0.05) is 11.6 Å². The number of rotatable bonds is 5. The molecule has 110 valence electrons. The number of benzene rings is 1. The second-order valence-electron chi connectivity index (χ2n) is 5.00. The van der Waals surface area contributed by atoms with Gasteiger partial charge in [0.2, 0.25) is 0 Å². The fourth-order valence-corrected chi connectivity index (χ4v) is 2.29. The van der Waals surface area contributed by atoms with E-state index >= 15 is 0 Å². The van der Waals surface area contributed by atoms with E-state index in [1.165, 1.54) is 0 Å². The van der Waals surface area contributed by atoms with Crippen molar-refractivity contribution in [2.45, 2.75) is 38.9 Å². The summed E-state index contributed by atoms with van der Waals surface area (Å²) in [4.78, 5) is 0. The van der Waals surface area contributed by atoms with Crippen LogP contribution >= 0.6 is 0 Å². The van der Waals surface area contributed by atoms with Crippen LogP contribution in [-0.2, 0) is 4.74 Å². The molecule has 1 aromatic rings. The van der Waals surface area contributed by atoms with Gasteiger partial charge in [0.1, 0.15) is 18.1 Å². The van der Waals surface area contributed by atoms with Crippen molar-refractivity contribution < 1.29 is 19.4 Å². The molecule has 1 N–H and O–H groups in total.